The Morgan fingerprint density at radius 3 is 2.11 bits per heavy atom. The number of para-hydroxylation sites is 1. The summed E-state index contributed by atoms with van der Waals surface area (Å²) in [6.45, 7) is 1.50. The molecular weight excluding hydrogens is 614 g/mol. The quantitative estimate of drug-likeness (QED) is 0.192. The zero-order chi connectivity index (χ0) is 33.2. The molecule has 246 valence electrons. The first-order valence-electron chi connectivity index (χ1n) is 15.8. The van der Waals surface area contributed by atoms with Crippen molar-refractivity contribution in [3.05, 3.63) is 125 Å². The van der Waals surface area contributed by atoms with E-state index in [-0.39, 0.29) is 36.2 Å². The minimum absolute atomic E-state index is 0.123. The number of benzene rings is 4. The van der Waals surface area contributed by atoms with Gasteiger partial charge >= 0.3 is 0 Å². The van der Waals surface area contributed by atoms with Crippen LogP contribution in [-0.2, 0) is 39.1 Å². The van der Waals surface area contributed by atoms with Crippen molar-refractivity contribution in [2.24, 2.45) is 0 Å². The third-order valence-electron chi connectivity index (χ3n) is 8.41. The number of amides is 2. The topological polar surface area (TPSA) is 105 Å². The summed E-state index contributed by atoms with van der Waals surface area (Å²) in [4.78, 5) is 30.0. The van der Waals surface area contributed by atoms with Crippen LogP contribution in [0.5, 0.6) is 11.5 Å². The lowest BCUT2D eigenvalue weighted by Gasteiger charge is -2.32. The Labute approximate surface area is 277 Å². The lowest BCUT2D eigenvalue weighted by molar-refractivity contribution is -0.141. The molecule has 10 heteroatoms. The highest BCUT2D eigenvalue weighted by atomic mass is 32.2. The Morgan fingerprint density at radius 1 is 0.809 bits per heavy atom. The molecule has 1 aliphatic heterocycles. The summed E-state index contributed by atoms with van der Waals surface area (Å²) in [5.74, 6) is 0.821. The minimum Gasteiger partial charge on any atom is -0.497 e. The second-order valence-electron chi connectivity index (χ2n) is 11.5. The van der Waals surface area contributed by atoms with Crippen molar-refractivity contribution < 1.29 is 27.5 Å². The molecule has 4 aromatic carbocycles. The SMILES string of the molecule is COc1ccc(CN(C(=O)CCc2ccc(S(=O)(=O)N3CCCC3)cc2)[C@@H](C(=O)NCc2ccccc2OC)c2ccccc2)cc1. The summed E-state index contributed by atoms with van der Waals surface area (Å²) >= 11 is 0. The van der Waals surface area contributed by atoms with Crippen LogP contribution in [0.2, 0.25) is 0 Å². The number of rotatable bonds is 14. The first-order valence-corrected chi connectivity index (χ1v) is 17.2. The van der Waals surface area contributed by atoms with Crippen LogP contribution in [0, 0.1) is 0 Å². The third kappa shape index (κ3) is 8.38. The van der Waals surface area contributed by atoms with E-state index in [2.05, 4.69) is 5.32 Å². The predicted octanol–water partition coefficient (Wildman–Crippen LogP) is 5.51. The van der Waals surface area contributed by atoms with E-state index >= 15 is 0 Å². The van der Waals surface area contributed by atoms with Crippen LogP contribution in [0.4, 0.5) is 0 Å². The molecule has 1 atom stereocenters. The molecule has 1 saturated heterocycles. The molecule has 0 saturated carbocycles. The number of ether oxygens (including phenoxy) is 2. The summed E-state index contributed by atoms with van der Waals surface area (Å²) < 4.78 is 38.3. The van der Waals surface area contributed by atoms with Gasteiger partial charge in [-0.05, 0) is 66.3 Å². The Balaban J connectivity index is 1.39. The molecule has 1 fully saturated rings. The zero-order valence-electron chi connectivity index (χ0n) is 26.8. The van der Waals surface area contributed by atoms with Crippen LogP contribution in [0.25, 0.3) is 0 Å². The fourth-order valence-electron chi connectivity index (χ4n) is 5.79. The van der Waals surface area contributed by atoms with E-state index in [4.69, 9.17) is 9.47 Å². The van der Waals surface area contributed by atoms with Crippen molar-refractivity contribution >= 4 is 21.8 Å². The summed E-state index contributed by atoms with van der Waals surface area (Å²) in [6, 6.07) is 30.0. The van der Waals surface area contributed by atoms with Crippen molar-refractivity contribution in [3.8, 4) is 11.5 Å². The first-order chi connectivity index (χ1) is 22.8. The molecule has 0 aromatic heterocycles. The van der Waals surface area contributed by atoms with E-state index in [0.29, 0.717) is 36.6 Å². The molecule has 0 radical (unpaired) electrons. The molecular formula is C37H41N3O6S. The number of nitrogens with zero attached hydrogens (tertiary/aromatic N) is 2. The molecule has 5 rings (SSSR count). The molecule has 0 bridgehead atoms. The van der Waals surface area contributed by atoms with Gasteiger partial charge in [0, 0.05) is 38.2 Å². The van der Waals surface area contributed by atoms with Crippen molar-refractivity contribution in [2.75, 3.05) is 27.3 Å². The summed E-state index contributed by atoms with van der Waals surface area (Å²) in [6.07, 6.45) is 2.24. The average Bonchev–Trinajstić information content (AvgIpc) is 3.67. The average molecular weight is 656 g/mol. The van der Waals surface area contributed by atoms with E-state index in [1.807, 2.05) is 78.9 Å². The second kappa shape index (κ2) is 15.8. The van der Waals surface area contributed by atoms with E-state index in [0.717, 1.165) is 29.5 Å². The summed E-state index contributed by atoms with van der Waals surface area (Å²) in [5, 5.41) is 3.04. The molecule has 2 amide bonds. The number of methoxy groups -OCH3 is 2. The Hall–Kier alpha value is -4.67. The lowest BCUT2D eigenvalue weighted by Crippen LogP contribution is -2.43. The maximum atomic E-state index is 14.1. The van der Waals surface area contributed by atoms with Gasteiger partial charge in [-0.1, -0.05) is 72.8 Å². The van der Waals surface area contributed by atoms with Gasteiger partial charge in [-0.25, -0.2) is 8.42 Å². The number of nitrogens with one attached hydrogen (secondary N) is 1. The van der Waals surface area contributed by atoms with Gasteiger partial charge in [0.05, 0.1) is 19.1 Å². The van der Waals surface area contributed by atoms with Crippen molar-refractivity contribution in [2.45, 2.75) is 49.7 Å². The molecule has 9 nitrogen and oxygen atoms in total. The number of sulfonamides is 1. The number of carbonyl (C=O) groups excluding carboxylic acids is 2. The monoisotopic (exact) mass is 655 g/mol. The normalized spacial score (nSPS) is 13.9. The lowest BCUT2D eigenvalue weighted by atomic mass is 10.0. The highest BCUT2D eigenvalue weighted by Crippen LogP contribution is 2.27. The van der Waals surface area contributed by atoms with Crippen LogP contribution in [0.1, 0.15) is 47.6 Å². The van der Waals surface area contributed by atoms with Crippen LogP contribution >= 0.6 is 0 Å². The highest BCUT2D eigenvalue weighted by Gasteiger charge is 2.32. The molecule has 0 aliphatic carbocycles. The van der Waals surface area contributed by atoms with Gasteiger partial charge in [0.1, 0.15) is 17.5 Å². The molecule has 47 heavy (non-hydrogen) atoms. The van der Waals surface area contributed by atoms with Crippen LogP contribution in [-0.4, -0.2) is 56.7 Å². The standard InChI is InChI=1S/C37H41N3O6S/c1-45-32-19-14-29(15-20-32)27-40(35(41)23-18-28-16-21-33(22-17-28)47(43,44)39-24-8-9-25-39)36(30-10-4-3-5-11-30)37(42)38-26-31-12-6-7-13-34(31)46-2/h3-7,10-17,19-22,36H,8-9,18,23-27H2,1-2H3,(H,38,42)/t36-/m1/s1. The Kier molecular flexibility index (Phi) is 11.3. The van der Waals surface area contributed by atoms with Crippen molar-refractivity contribution in [1.82, 2.24) is 14.5 Å². The van der Waals surface area contributed by atoms with Gasteiger partial charge in [-0.3, -0.25) is 9.59 Å². The van der Waals surface area contributed by atoms with E-state index in [9.17, 15) is 18.0 Å². The molecule has 1 N–H and O–H groups in total. The number of hydrogen-bond donors (Lipinski definition) is 1. The fourth-order valence-corrected chi connectivity index (χ4v) is 7.30. The molecule has 1 heterocycles. The number of carbonyl (C=O) groups is 2. The van der Waals surface area contributed by atoms with Gasteiger partial charge in [-0.15, -0.1) is 0 Å². The van der Waals surface area contributed by atoms with Gasteiger partial charge in [-0.2, -0.15) is 4.31 Å². The van der Waals surface area contributed by atoms with Crippen LogP contribution in [0.15, 0.2) is 108 Å². The van der Waals surface area contributed by atoms with Crippen molar-refractivity contribution in [3.63, 3.8) is 0 Å². The maximum absolute atomic E-state index is 14.1. The van der Waals surface area contributed by atoms with Gasteiger partial charge in [0.15, 0.2) is 0 Å². The molecule has 0 unspecified atom stereocenters. The Bertz CT molecular complexity index is 1740. The van der Waals surface area contributed by atoms with E-state index in [1.54, 1.807) is 43.4 Å². The highest BCUT2D eigenvalue weighted by molar-refractivity contribution is 7.89. The Morgan fingerprint density at radius 2 is 1.45 bits per heavy atom. The third-order valence-corrected chi connectivity index (χ3v) is 10.3. The second-order valence-corrected chi connectivity index (χ2v) is 13.4. The maximum Gasteiger partial charge on any atom is 0.247 e. The zero-order valence-corrected chi connectivity index (χ0v) is 27.6. The van der Waals surface area contributed by atoms with Crippen LogP contribution in [0.3, 0.4) is 0 Å². The predicted molar refractivity (Wildman–Crippen MR) is 180 cm³/mol. The van der Waals surface area contributed by atoms with Gasteiger partial charge in [0.2, 0.25) is 21.8 Å². The number of hydrogen-bond acceptors (Lipinski definition) is 6. The van der Waals surface area contributed by atoms with Crippen molar-refractivity contribution in [1.29, 1.82) is 0 Å². The fraction of sp³-hybridized carbons (Fsp3) is 0.297. The van der Waals surface area contributed by atoms with Crippen LogP contribution < -0.4 is 14.8 Å². The largest absolute Gasteiger partial charge is 0.497 e. The van der Waals surface area contributed by atoms with Gasteiger partial charge in [0.25, 0.3) is 0 Å². The van der Waals surface area contributed by atoms with E-state index < -0.39 is 16.1 Å². The van der Waals surface area contributed by atoms with Gasteiger partial charge < -0.3 is 19.7 Å². The summed E-state index contributed by atoms with van der Waals surface area (Å²) in [5.41, 5.74) is 3.18. The molecule has 0 spiro atoms. The number of aryl methyl sites for hydroxylation is 1. The summed E-state index contributed by atoms with van der Waals surface area (Å²) in [7, 11) is -0.344. The first kappa shape index (κ1) is 33.7. The van der Waals surface area contributed by atoms with E-state index in [1.165, 1.54) is 4.31 Å². The molecule has 4 aromatic rings. The molecule has 1 aliphatic rings. The minimum atomic E-state index is -3.52. The smallest absolute Gasteiger partial charge is 0.247 e.